The van der Waals surface area contributed by atoms with Gasteiger partial charge in [0, 0.05) is 6.42 Å². The highest BCUT2D eigenvalue weighted by atomic mass is 16.6. The minimum Gasteiger partial charge on any atom is -0.463 e. The third kappa shape index (κ3) is 2.10. The molecule has 0 saturated carbocycles. The van der Waals surface area contributed by atoms with E-state index in [1.807, 2.05) is 0 Å². The predicted octanol–water partition coefficient (Wildman–Crippen LogP) is 0.136. The summed E-state index contributed by atoms with van der Waals surface area (Å²) in [6.07, 6.45) is 0.926. The number of carbonyl (C=O) groups excluding carboxylic acids is 2. The largest absolute Gasteiger partial charge is 0.463 e. The van der Waals surface area contributed by atoms with Crippen LogP contribution in [-0.2, 0) is 14.3 Å². The van der Waals surface area contributed by atoms with Crippen molar-refractivity contribution in [1.82, 2.24) is 4.98 Å². The molecule has 16 heavy (non-hydrogen) atoms. The number of aromatic nitrogens is 1. The number of hydrogen-bond donors (Lipinski definition) is 1. The second-order valence-electron chi connectivity index (χ2n) is 3.33. The highest BCUT2D eigenvalue weighted by molar-refractivity contribution is 5.90. The smallest absolute Gasteiger partial charge is 0.357 e. The summed E-state index contributed by atoms with van der Waals surface area (Å²) in [5.74, 6) is -1.16. The fourth-order valence-electron chi connectivity index (χ4n) is 1.30. The maximum atomic E-state index is 11.5. The van der Waals surface area contributed by atoms with E-state index in [-0.39, 0.29) is 12.3 Å². The number of nitrogen functional groups attached to an aromatic ring is 1. The van der Waals surface area contributed by atoms with Crippen LogP contribution in [0.3, 0.4) is 0 Å². The van der Waals surface area contributed by atoms with Gasteiger partial charge in [-0.25, -0.2) is 14.6 Å². The van der Waals surface area contributed by atoms with Crippen molar-refractivity contribution in [1.29, 1.82) is 0 Å². The molecule has 6 nitrogen and oxygen atoms in total. The van der Waals surface area contributed by atoms with Gasteiger partial charge in [0.15, 0.2) is 0 Å². The third-order valence-electron chi connectivity index (χ3n) is 2.13. The van der Waals surface area contributed by atoms with Gasteiger partial charge >= 0.3 is 11.9 Å². The summed E-state index contributed by atoms with van der Waals surface area (Å²) in [6.45, 7) is 0.284. The van der Waals surface area contributed by atoms with E-state index < -0.39 is 18.0 Å². The van der Waals surface area contributed by atoms with Crippen LogP contribution in [0.1, 0.15) is 16.9 Å². The van der Waals surface area contributed by atoms with Crippen LogP contribution in [-0.4, -0.2) is 29.6 Å². The van der Waals surface area contributed by atoms with Crippen molar-refractivity contribution in [2.24, 2.45) is 0 Å². The van der Waals surface area contributed by atoms with Crippen LogP contribution in [0.15, 0.2) is 18.3 Å². The van der Waals surface area contributed by atoms with E-state index >= 15 is 0 Å². The van der Waals surface area contributed by atoms with Crippen molar-refractivity contribution in [2.45, 2.75) is 12.5 Å². The van der Waals surface area contributed by atoms with E-state index in [1.165, 1.54) is 18.3 Å². The maximum absolute atomic E-state index is 11.5. The maximum Gasteiger partial charge on any atom is 0.357 e. The number of nitrogens with zero attached hydrogens (tertiary/aromatic N) is 1. The Bertz CT molecular complexity index is 415. The lowest BCUT2D eigenvalue weighted by atomic mass is 10.3. The first-order chi connectivity index (χ1) is 7.66. The summed E-state index contributed by atoms with van der Waals surface area (Å²) in [4.78, 5) is 26.4. The topological polar surface area (TPSA) is 91.5 Å². The molecule has 1 aromatic heterocycles. The second-order valence-corrected chi connectivity index (χ2v) is 3.33. The zero-order valence-corrected chi connectivity index (χ0v) is 8.38. The molecule has 2 N–H and O–H groups in total. The Morgan fingerprint density at radius 1 is 1.56 bits per heavy atom. The van der Waals surface area contributed by atoms with Crippen LogP contribution >= 0.6 is 0 Å². The summed E-state index contributed by atoms with van der Waals surface area (Å²) in [5.41, 5.74) is 6.00. The number of pyridine rings is 1. The number of rotatable bonds is 2. The fourth-order valence-corrected chi connectivity index (χ4v) is 1.30. The molecule has 0 spiro atoms. The van der Waals surface area contributed by atoms with Crippen LogP contribution in [0.25, 0.3) is 0 Å². The average Bonchev–Trinajstić information content (AvgIpc) is 2.65. The Kier molecular flexibility index (Phi) is 2.72. The molecule has 6 heteroatoms. The van der Waals surface area contributed by atoms with Gasteiger partial charge in [-0.3, -0.25) is 0 Å². The number of cyclic esters (lactones) is 1. The Labute approximate surface area is 91.4 Å². The van der Waals surface area contributed by atoms with Crippen molar-refractivity contribution >= 4 is 17.6 Å². The molecule has 1 atom stereocenters. The molecule has 0 radical (unpaired) electrons. The molecule has 2 heterocycles. The van der Waals surface area contributed by atoms with E-state index in [0.29, 0.717) is 12.1 Å². The molecular weight excluding hydrogens is 212 g/mol. The number of carbonyl (C=O) groups is 2. The molecule has 0 aliphatic carbocycles. The average molecular weight is 222 g/mol. The lowest BCUT2D eigenvalue weighted by Crippen LogP contribution is -2.23. The highest BCUT2D eigenvalue weighted by Gasteiger charge is 2.30. The number of hydrogen-bond acceptors (Lipinski definition) is 6. The summed E-state index contributed by atoms with van der Waals surface area (Å²) in [7, 11) is 0. The van der Waals surface area contributed by atoms with E-state index in [9.17, 15) is 9.59 Å². The summed E-state index contributed by atoms with van der Waals surface area (Å²) in [6, 6.07) is 2.98. The minimum atomic E-state index is -0.813. The van der Waals surface area contributed by atoms with Gasteiger partial charge in [-0.15, -0.1) is 0 Å². The first-order valence-corrected chi connectivity index (χ1v) is 4.76. The standard InChI is InChI=1S/C10H10N2O4/c11-6-1-2-7(12-5-6)9(13)16-8-3-4-15-10(8)14/h1-2,5,8H,3-4,11H2. The van der Waals surface area contributed by atoms with Crippen molar-refractivity contribution in [3.05, 3.63) is 24.0 Å². The van der Waals surface area contributed by atoms with Crippen LogP contribution < -0.4 is 5.73 Å². The molecule has 1 aliphatic rings. The Balaban J connectivity index is 2.02. The molecule has 0 aromatic carbocycles. The van der Waals surface area contributed by atoms with E-state index in [0.717, 1.165) is 0 Å². The van der Waals surface area contributed by atoms with Crippen LogP contribution in [0.5, 0.6) is 0 Å². The fraction of sp³-hybridized carbons (Fsp3) is 0.300. The zero-order valence-electron chi connectivity index (χ0n) is 8.38. The Morgan fingerprint density at radius 2 is 2.38 bits per heavy atom. The summed E-state index contributed by atoms with van der Waals surface area (Å²) in [5, 5.41) is 0. The van der Waals surface area contributed by atoms with Crippen LogP contribution in [0, 0.1) is 0 Å². The van der Waals surface area contributed by atoms with Gasteiger partial charge in [-0.2, -0.15) is 0 Å². The van der Waals surface area contributed by atoms with Gasteiger partial charge < -0.3 is 15.2 Å². The first kappa shape index (κ1) is 10.4. The monoisotopic (exact) mass is 222 g/mol. The summed E-state index contributed by atoms with van der Waals surface area (Å²) < 4.78 is 9.60. The van der Waals surface area contributed by atoms with Crippen molar-refractivity contribution < 1.29 is 19.1 Å². The molecular formula is C10H10N2O4. The highest BCUT2D eigenvalue weighted by Crippen LogP contribution is 2.12. The molecule has 2 rings (SSSR count). The van der Waals surface area contributed by atoms with E-state index in [2.05, 4.69) is 9.72 Å². The number of ether oxygens (including phenoxy) is 2. The van der Waals surface area contributed by atoms with Crippen LogP contribution in [0.4, 0.5) is 5.69 Å². The van der Waals surface area contributed by atoms with Gasteiger partial charge in [0.1, 0.15) is 5.69 Å². The Hall–Kier alpha value is -2.11. The predicted molar refractivity (Wildman–Crippen MR) is 53.4 cm³/mol. The summed E-state index contributed by atoms with van der Waals surface area (Å²) >= 11 is 0. The molecule has 0 amide bonds. The van der Waals surface area contributed by atoms with Gasteiger partial charge in [0.25, 0.3) is 0 Å². The van der Waals surface area contributed by atoms with Crippen molar-refractivity contribution in [2.75, 3.05) is 12.3 Å². The SMILES string of the molecule is Nc1ccc(C(=O)OC2CCOC2=O)nc1. The van der Waals surface area contributed by atoms with Gasteiger partial charge in [0.2, 0.25) is 6.10 Å². The van der Waals surface area contributed by atoms with Crippen molar-refractivity contribution in [3.8, 4) is 0 Å². The van der Waals surface area contributed by atoms with Crippen molar-refractivity contribution in [3.63, 3.8) is 0 Å². The molecule has 84 valence electrons. The normalized spacial score (nSPS) is 19.2. The van der Waals surface area contributed by atoms with Gasteiger partial charge in [-0.05, 0) is 12.1 Å². The number of nitrogens with two attached hydrogens (primary N) is 1. The molecule has 1 fully saturated rings. The minimum absolute atomic E-state index is 0.119. The molecule has 1 aromatic rings. The quantitative estimate of drug-likeness (QED) is 0.715. The molecule has 1 aliphatic heterocycles. The second kappa shape index (κ2) is 4.18. The van der Waals surface area contributed by atoms with E-state index in [4.69, 9.17) is 10.5 Å². The third-order valence-corrected chi connectivity index (χ3v) is 2.13. The van der Waals surface area contributed by atoms with E-state index in [1.54, 1.807) is 0 Å². The molecule has 0 bridgehead atoms. The lowest BCUT2D eigenvalue weighted by Gasteiger charge is -2.07. The van der Waals surface area contributed by atoms with Gasteiger partial charge in [0.05, 0.1) is 18.5 Å². The first-order valence-electron chi connectivity index (χ1n) is 4.76. The number of esters is 2. The van der Waals surface area contributed by atoms with Crippen LogP contribution in [0.2, 0.25) is 0 Å². The Morgan fingerprint density at radius 3 is 2.94 bits per heavy atom. The van der Waals surface area contributed by atoms with Gasteiger partial charge in [-0.1, -0.05) is 0 Å². The molecule has 1 saturated heterocycles. The lowest BCUT2D eigenvalue weighted by molar-refractivity contribution is -0.145. The number of anilines is 1. The zero-order chi connectivity index (χ0) is 11.5. The molecule has 1 unspecified atom stereocenters.